The van der Waals surface area contributed by atoms with Crippen molar-refractivity contribution < 1.29 is 22.7 Å². The highest BCUT2D eigenvalue weighted by atomic mass is 19.4. The number of rotatable bonds is 5. The molecule has 31 heavy (non-hydrogen) atoms. The summed E-state index contributed by atoms with van der Waals surface area (Å²) in [4.78, 5) is 16.9. The average Bonchev–Trinajstić information content (AvgIpc) is 3.16. The number of hydrogen-bond donors (Lipinski definition) is 0. The Hall–Kier alpha value is -3.14. The lowest BCUT2D eigenvalue weighted by Crippen LogP contribution is -2.48. The van der Waals surface area contributed by atoms with Crippen molar-refractivity contribution in [3.05, 3.63) is 53.6 Å². The van der Waals surface area contributed by atoms with E-state index in [0.29, 0.717) is 50.3 Å². The van der Waals surface area contributed by atoms with E-state index in [2.05, 4.69) is 19.9 Å². The van der Waals surface area contributed by atoms with E-state index in [-0.39, 0.29) is 11.7 Å². The minimum absolute atomic E-state index is 0.0405. The fourth-order valence-electron chi connectivity index (χ4n) is 3.69. The van der Waals surface area contributed by atoms with Gasteiger partial charge >= 0.3 is 6.36 Å². The summed E-state index contributed by atoms with van der Waals surface area (Å²) in [5, 5.41) is 8.20. The number of nitrogens with zero attached hydrogens (tertiary/aromatic N) is 5. The van der Waals surface area contributed by atoms with Gasteiger partial charge in [-0.1, -0.05) is 17.3 Å². The molecule has 1 aromatic heterocycles. The fraction of sp³-hybridized carbons (Fsp3) is 0.381. The number of fused-ring (bicyclic) bond motifs is 1. The fourth-order valence-corrected chi connectivity index (χ4v) is 3.69. The quantitative estimate of drug-likeness (QED) is 0.618. The number of carbonyl (C=O) groups is 1. The average molecular weight is 433 g/mol. The summed E-state index contributed by atoms with van der Waals surface area (Å²) in [5.74, 6) is -0.274. The summed E-state index contributed by atoms with van der Waals surface area (Å²) >= 11 is 0. The molecule has 1 aliphatic rings. The monoisotopic (exact) mass is 433 g/mol. The van der Waals surface area contributed by atoms with E-state index in [1.807, 2.05) is 17.9 Å². The Labute approximate surface area is 177 Å². The lowest BCUT2D eigenvalue weighted by atomic mass is 10.1. The minimum Gasteiger partial charge on any atom is -0.406 e. The number of halogens is 3. The van der Waals surface area contributed by atoms with Crippen LogP contribution < -0.4 is 4.74 Å². The van der Waals surface area contributed by atoms with E-state index in [9.17, 15) is 18.0 Å². The van der Waals surface area contributed by atoms with Gasteiger partial charge in [0.2, 0.25) is 0 Å². The maximum atomic E-state index is 12.9. The Balaban J connectivity index is 1.32. The molecule has 1 saturated heterocycles. The standard InChI is InChI=1S/C21H22F3N5O2/c1-2-29-19-8-5-16(13-18(19)25-26-29)20(30)28-11-9-27(10-12-28)14-15-3-6-17(7-4-15)31-21(22,23)24/h3-8,13H,2,9-12,14H2,1H3. The molecule has 0 radical (unpaired) electrons. The van der Waals surface area contributed by atoms with Crippen LogP contribution in [0, 0.1) is 0 Å². The van der Waals surface area contributed by atoms with E-state index in [1.165, 1.54) is 12.1 Å². The van der Waals surface area contributed by atoms with Gasteiger partial charge in [-0.05, 0) is 42.8 Å². The molecule has 0 spiro atoms. The topological polar surface area (TPSA) is 63.5 Å². The number of hydrogen-bond acceptors (Lipinski definition) is 5. The van der Waals surface area contributed by atoms with Crippen LogP contribution in [0.3, 0.4) is 0 Å². The third kappa shape index (κ3) is 4.96. The van der Waals surface area contributed by atoms with Crippen LogP contribution in [0.2, 0.25) is 0 Å². The summed E-state index contributed by atoms with van der Waals surface area (Å²) in [7, 11) is 0. The molecule has 0 N–H and O–H groups in total. The van der Waals surface area contributed by atoms with E-state index < -0.39 is 6.36 Å². The Morgan fingerprint density at radius 3 is 2.42 bits per heavy atom. The highest BCUT2D eigenvalue weighted by molar-refractivity contribution is 5.97. The van der Waals surface area contributed by atoms with E-state index in [4.69, 9.17) is 0 Å². The predicted molar refractivity (Wildman–Crippen MR) is 108 cm³/mol. The van der Waals surface area contributed by atoms with Gasteiger partial charge in [0.05, 0.1) is 5.52 Å². The number of carbonyl (C=O) groups excluding carboxylic acids is 1. The van der Waals surface area contributed by atoms with Crippen molar-refractivity contribution in [2.24, 2.45) is 0 Å². The van der Waals surface area contributed by atoms with Gasteiger partial charge in [0.15, 0.2) is 0 Å². The Kier molecular flexibility index (Phi) is 5.81. The normalized spacial score (nSPS) is 15.4. The van der Waals surface area contributed by atoms with Crippen LogP contribution in [0.1, 0.15) is 22.8 Å². The minimum atomic E-state index is -4.69. The molecule has 0 unspecified atom stereocenters. The predicted octanol–water partition coefficient (Wildman–Crippen LogP) is 3.31. The van der Waals surface area contributed by atoms with Crippen LogP contribution in [0.25, 0.3) is 11.0 Å². The van der Waals surface area contributed by atoms with Gasteiger partial charge in [-0.2, -0.15) is 0 Å². The van der Waals surface area contributed by atoms with Gasteiger partial charge in [0, 0.05) is 44.8 Å². The molecule has 0 atom stereocenters. The lowest BCUT2D eigenvalue weighted by Gasteiger charge is -2.34. The van der Waals surface area contributed by atoms with Gasteiger partial charge in [-0.25, -0.2) is 4.68 Å². The Morgan fingerprint density at radius 1 is 1.06 bits per heavy atom. The molecule has 0 saturated carbocycles. The van der Waals surface area contributed by atoms with Crippen LogP contribution >= 0.6 is 0 Å². The summed E-state index contributed by atoms with van der Waals surface area (Å²) in [6.45, 7) is 5.81. The maximum Gasteiger partial charge on any atom is 0.573 e. The van der Waals surface area contributed by atoms with Gasteiger partial charge in [-0.15, -0.1) is 18.3 Å². The first-order valence-corrected chi connectivity index (χ1v) is 10.0. The number of aryl methyl sites for hydroxylation is 1. The van der Waals surface area contributed by atoms with E-state index >= 15 is 0 Å². The zero-order valence-electron chi connectivity index (χ0n) is 17.0. The number of benzene rings is 2. The van der Waals surface area contributed by atoms with Crippen LogP contribution in [0.5, 0.6) is 5.75 Å². The van der Waals surface area contributed by atoms with Crippen molar-refractivity contribution >= 4 is 16.9 Å². The molecule has 1 amide bonds. The first kappa shape index (κ1) is 21.1. The Morgan fingerprint density at radius 2 is 1.77 bits per heavy atom. The van der Waals surface area contributed by atoms with Crippen molar-refractivity contribution in [3.8, 4) is 5.75 Å². The zero-order valence-corrected chi connectivity index (χ0v) is 17.0. The molecule has 0 aliphatic carbocycles. The molecule has 10 heteroatoms. The highest BCUT2D eigenvalue weighted by Crippen LogP contribution is 2.23. The number of aromatic nitrogens is 3. The molecule has 3 aromatic rings. The van der Waals surface area contributed by atoms with Crippen molar-refractivity contribution in [1.82, 2.24) is 24.8 Å². The first-order valence-electron chi connectivity index (χ1n) is 10.0. The van der Waals surface area contributed by atoms with Crippen molar-refractivity contribution in [3.63, 3.8) is 0 Å². The molecule has 2 aromatic carbocycles. The van der Waals surface area contributed by atoms with E-state index in [0.717, 1.165) is 11.1 Å². The maximum absolute atomic E-state index is 12.9. The largest absolute Gasteiger partial charge is 0.573 e. The van der Waals surface area contributed by atoms with Crippen LogP contribution in [0.15, 0.2) is 42.5 Å². The summed E-state index contributed by atoms with van der Waals surface area (Å²) in [5.41, 5.74) is 3.07. The molecule has 1 fully saturated rings. The molecular formula is C21H22F3N5O2. The second-order valence-electron chi connectivity index (χ2n) is 7.37. The van der Waals surface area contributed by atoms with Crippen molar-refractivity contribution in [2.75, 3.05) is 26.2 Å². The second-order valence-corrected chi connectivity index (χ2v) is 7.37. The van der Waals surface area contributed by atoms with Gasteiger partial charge in [0.1, 0.15) is 11.3 Å². The number of alkyl halides is 3. The third-order valence-electron chi connectivity index (χ3n) is 5.28. The SMILES string of the molecule is CCn1nnc2cc(C(=O)N3CCN(Cc4ccc(OC(F)(F)F)cc4)CC3)ccc21. The van der Waals surface area contributed by atoms with Gasteiger partial charge in [0.25, 0.3) is 5.91 Å². The van der Waals surface area contributed by atoms with Crippen LogP contribution in [-0.2, 0) is 13.1 Å². The molecule has 4 rings (SSSR count). The van der Waals surface area contributed by atoms with Crippen LogP contribution in [-0.4, -0.2) is 63.2 Å². The van der Waals surface area contributed by atoms with Crippen molar-refractivity contribution in [1.29, 1.82) is 0 Å². The summed E-state index contributed by atoms with van der Waals surface area (Å²) in [6, 6.07) is 11.3. The molecule has 0 bridgehead atoms. The smallest absolute Gasteiger partial charge is 0.406 e. The molecule has 164 valence electrons. The Bertz CT molecular complexity index is 1060. The lowest BCUT2D eigenvalue weighted by molar-refractivity contribution is -0.274. The summed E-state index contributed by atoms with van der Waals surface area (Å²) in [6.07, 6.45) is -4.69. The summed E-state index contributed by atoms with van der Waals surface area (Å²) < 4.78 is 42.5. The number of amides is 1. The van der Waals surface area contributed by atoms with E-state index in [1.54, 1.807) is 28.9 Å². The molecule has 7 nitrogen and oxygen atoms in total. The second kappa shape index (κ2) is 8.54. The third-order valence-corrected chi connectivity index (χ3v) is 5.28. The van der Waals surface area contributed by atoms with Crippen LogP contribution in [0.4, 0.5) is 13.2 Å². The molecule has 1 aliphatic heterocycles. The number of ether oxygens (including phenoxy) is 1. The van der Waals surface area contributed by atoms with Crippen molar-refractivity contribution in [2.45, 2.75) is 26.4 Å². The molecule has 2 heterocycles. The highest BCUT2D eigenvalue weighted by Gasteiger charge is 2.31. The van der Waals surface area contributed by atoms with Gasteiger partial charge in [-0.3, -0.25) is 9.69 Å². The zero-order chi connectivity index (χ0) is 22.0. The molecular weight excluding hydrogens is 411 g/mol. The van der Waals surface area contributed by atoms with Gasteiger partial charge < -0.3 is 9.64 Å². The first-order chi connectivity index (χ1) is 14.8. The number of piperazine rings is 1.